The van der Waals surface area contributed by atoms with Gasteiger partial charge in [0.25, 0.3) is 0 Å². The van der Waals surface area contributed by atoms with Gasteiger partial charge in [-0.15, -0.1) is 0 Å². The summed E-state index contributed by atoms with van der Waals surface area (Å²) in [5.74, 6) is -0.932. The van der Waals surface area contributed by atoms with Crippen molar-refractivity contribution < 1.29 is 9.90 Å². The number of H-pyrrole nitrogens is 1. The molecule has 0 aromatic carbocycles. The first-order valence-electron chi connectivity index (χ1n) is 5.69. The van der Waals surface area contributed by atoms with Gasteiger partial charge in [-0.05, 0) is 24.8 Å². The third-order valence-corrected chi connectivity index (χ3v) is 3.21. The number of hydrogen-bond acceptors (Lipinski definition) is 2. The van der Waals surface area contributed by atoms with Gasteiger partial charge in [-0.1, -0.05) is 20.8 Å². The van der Waals surface area contributed by atoms with E-state index >= 15 is 0 Å². The lowest BCUT2D eigenvalue weighted by atomic mass is 9.81. The van der Waals surface area contributed by atoms with Crippen molar-refractivity contribution in [3.05, 3.63) is 17.0 Å². The van der Waals surface area contributed by atoms with Crippen LogP contribution in [0.2, 0.25) is 0 Å². The van der Waals surface area contributed by atoms with Crippen molar-refractivity contribution in [3.63, 3.8) is 0 Å². The number of carboxylic acids is 1. The topological polar surface area (TPSA) is 66.0 Å². The van der Waals surface area contributed by atoms with Gasteiger partial charge in [0.05, 0.1) is 11.6 Å². The predicted molar refractivity (Wildman–Crippen MR) is 60.4 cm³/mol. The van der Waals surface area contributed by atoms with Crippen LogP contribution in [-0.2, 0) is 23.1 Å². The molecule has 1 aliphatic rings. The molecular formula is C12H18N2O2. The van der Waals surface area contributed by atoms with Gasteiger partial charge in [0.15, 0.2) is 0 Å². The summed E-state index contributed by atoms with van der Waals surface area (Å²) < 4.78 is 0. The van der Waals surface area contributed by atoms with Crippen molar-refractivity contribution in [2.24, 2.45) is 5.92 Å². The average molecular weight is 222 g/mol. The molecule has 0 amide bonds. The third kappa shape index (κ3) is 1.84. The first kappa shape index (κ1) is 11.2. The molecule has 16 heavy (non-hydrogen) atoms. The summed E-state index contributed by atoms with van der Waals surface area (Å²) in [6, 6.07) is 0. The van der Waals surface area contributed by atoms with Crippen LogP contribution in [0.5, 0.6) is 0 Å². The Balaban J connectivity index is 2.35. The Bertz CT molecular complexity index is 415. The number of carbonyl (C=O) groups is 1. The van der Waals surface area contributed by atoms with Gasteiger partial charge < -0.3 is 5.11 Å². The van der Waals surface area contributed by atoms with Crippen LogP contribution in [0.1, 0.15) is 44.1 Å². The SMILES string of the molecule is CC(C)(C)c1n[nH]c2c1CC(C(=O)O)CC2. The summed E-state index contributed by atoms with van der Waals surface area (Å²) in [5.41, 5.74) is 3.26. The van der Waals surface area contributed by atoms with E-state index in [2.05, 4.69) is 31.0 Å². The Morgan fingerprint density at radius 3 is 2.75 bits per heavy atom. The van der Waals surface area contributed by atoms with Crippen molar-refractivity contribution in [1.29, 1.82) is 0 Å². The minimum absolute atomic E-state index is 0.0233. The highest BCUT2D eigenvalue weighted by Gasteiger charge is 2.31. The maximum atomic E-state index is 11.0. The fraction of sp³-hybridized carbons (Fsp3) is 0.667. The van der Waals surface area contributed by atoms with Gasteiger partial charge in [0.2, 0.25) is 0 Å². The second kappa shape index (κ2) is 3.61. The van der Waals surface area contributed by atoms with E-state index < -0.39 is 5.97 Å². The summed E-state index contributed by atoms with van der Waals surface area (Å²) in [6.45, 7) is 6.31. The normalized spacial score (nSPS) is 20.6. The first-order valence-corrected chi connectivity index (χ1v) is 5.69. The number of hydrogen-bond donors (Lipinski definition) is 2. The summed E-state index contributed by atoms with van der Waals surface area (Å²) in [4.78, 5) is 11.0. The second-order valence-corrected chi connectivity index (χ2v) is 5.56. The van der Waals surface area contributed by atoms with Crippen LogP contribution in [0.4, 0.5) is 0 Å². The fourth-order valence-corrected chi connectivity index (χ4v) is 2.33. The van der Waals surface area contributed by atoms with E-state index in [0.717, 1.165) is 23.4 Å². The number of aryl methyl sites for hydroxylation is 1. The van der Waals surface area contributed by atoms with Gasteiger partial charge >= 0.3 is 5.97 Å². The number of aromatic amines is 1. The minimum atomic E-state index is -0.688. The number of nitrogens with one attached hydrogen (secondary N) is 1. The van der Waals surface area contributed by atoms with E-state index in [1.807, 2.05) is 0 Å². The second-order valence-electron chi connectivity index (χ2n) is 5.56. The molecule has 2 rings (SSSR count). The molecule has 0 radical (unpaired) electrons. The van der Waals surface area contributed by atoms with Crippen molar-refractivity contribution >= 4 is 5.97 Å². The maximum Gasteiger partial charge on any atom is 0.306 e. The Hall–Kier alpha value is -1.32. The average Bonchev–Trinajstić information content (AvgIpc) is 2.58. The van der Waals surface area contributed by atoms with Crippen LogP contribution in [0.15, 0.2) is 0 Å². The van der Waals surface area contributed by atoms with Gasteiger partial charge in [0, 0.05) is 11.1 Å². The smallest absolute Gasteiger partial charge is 0.306 e. The Labute approximate surface area is 95.1 Å². The quantitative estimate of drug-likeness (QED) is 0.762. The highest BCUT2D eigenvalue weighted by molar-refractivity contribution is 5.71. The molecule has 0 bridgehead atoms. The molecule has 0 aliphatic heterocycles. The van der Waals surface area contributed by atoms with Gasteiger partial charge in [0.1, 0.15) is 0 Å². The molecule has 0 spiro atoms. The zero-order valence-corrected chi connectivity index (χ0v) is 10.0. The molecule has 2 N–H and O–H groups in total. The zero-order valence-electron chi connectivity index (χ0n) is 10.0. The van der Waals surface area contributed by atoms with Gasteiger partial charge in [-0.2, -0.15) is 5.10 Å². The molecule has 0 saturated heterocycles. The van der Waals surface area contributed by atoms with Crippen molar-refractivity contribution in [3.8, 4) is 0 Å². The van der Waals surface area contributed by atoms with Crippen LogP contribution in [0.25, 0.3) is 0 Å². The minimum Gasteiger partial charge on any atom is -0.481 e. The number of fused-ring (bicyclic) bond motifs is 1. The number of carboxylic acid groups (broad SMARTS) is 1. The van der Waals surface area contributed by atoms with Gasteiger partial charge in [-0.25, -0.2) is 0 Å². The number of nitrogens with zero attached hydrogens (tertiary/aromatic N) is 1. The standard InChI is InChI=1S/C12H18N2O2/c1-12(2,3)10-8-6-7(11(15)16)4-5-9(8)13-14-10/h7H,4-6H2,1-3H3,(H,13,14)(H,15,16). The van der Waals surface area contributed by atoms with E-state index in [0.29, 0.717) is 12.8 Å². The van der Waals surface area contributed by atoms with Crippen molar-refractivity contribution in [2.45, 2.75) is 45.4 Å². The molecule has 1 aliphatic carbocycles. The Morgan fingerprint density at radius 2 is 2.19 bits per heavy atom. The first-order chi connectivity index (χ1) is 7.39. The molecule has 1 heterocycles. The number of rotatable bonds is 1. The molecule has 1 unspecified atom stereocenters. The van der Waals surface area contributed by atoms with E-state index in [1.165, 1.54) is 0 Å². The van der Waals surface area contributed by atoms with Crippen LogP contribution >= 0.6 is 0 Å². The molecule has 1 aromatic heterocycles. The molecule has 4 nitrogen and oxygen atoms in total. The summed E-state index contributed by atoms with van der Waals surface area (Å²) in [5, 5.41) is 16.5. The van der Waals surface area contributed by atoms with E-state index in [-0.39, 0.29) is 11.3 Å². The molecule has 4 heteroatoms. The van der Waals surface area contributed by atoms with Crippen LogP contribution in [0, 0.1) is 5.92 Å². The molecule has 1 aromatic rings. The van der Waals surface area contributed by atoms with E-state index in [4.69, 9.17) is 5.11 Å². The monoisotopic (exact) mass is 222 g/mol. The number of aromatic nitrogens is 2. The van der Waals surface area contributed by atoms with Crippen LogP contribution in [-0.4, -0.2) is 21.3 Å². The zero-order chi connectivity index (χ0) is 11.9. The highest BCUT2D eigenvalue weighted by Crippen LogP contribution is 2.32. The van der Waals surface area contributed by atoms with Gasteiger partial charge in [-0.3, -0.25) is 9.89 Å². The Morgan fingerprint density at radius 1 is 1.50 bits per heavy atom. The lowest BCUT2D eigenvalue weighted by molar-refractivity contribution is -0.142. The summed E-state index contributed by atoms with van der Waals surface area (Å²) >= 11 is 0. The third-order valence-electron chi connectivity index (χ3n) is 3.21. The van der Waals surface area contributed by atoms with Crippen molar-refractivity contribution in [2.75, 3.05) is 0 Å². The van der Waals surface area contributed by atoms with Crippen LogP contribution < -0.4 is 0 Å². The Kier molecular flexibility index (Phi) is 2.52. The number of aliphatic carboxylic acids is 1. The van der Waals surface area contributed by atoms with Crippen molar-refractivity contribution in [1.82, 2.24) is 10.2 Å². The van der Waals surface area contributed by atoms with Crippen LogP contribution in [0.3, 0.4) is 0 Å². The molecule has 88 valence electrons. The molecule has 1 atom stereocenters. The predicted octanol–water partition coefficient (Wildman–Crippen LogP) is 1.90. The summed E-state index contributed by atoms with van der Waals surface area (Å²) in [7, 11) is 0. The highest BCUT2D eigenvalue weighted by atomic mass is 16.4. The molecular weight excluding hydrogens is 204 g/mol. The molecule has 0 saturated carbocycles. The fourth-order valence-electron chi connectivity index (χ4n) is 2.33. The van der Waals surface area contributed by atoms with E-state index in [9.17, 15) is 4.79 Å². The van der Waals surface area contributed by atoms with E-state index in [1.54, 1.807) is 0 Å². The lowest BCUT2D eigenvalue weighted by Gasteiger charge is -2.23. The maximum absolute atomic E-state index is 11.0. The largest absolute Gasteiger partial charge is 0.481 e. The molecule has 0 fully saturated rings. The lowest BCUT2D eigenvalue weighted by Crippen LogP contribution is -2.24. The summed E-state index contributed by atoms with van der Waals surface area (Å²) in [6.07, 6.45) is 2.14.